The summed E-state index contributed by atoms with van der Waals surface area (Å²) in [6.45, 7) is 0.470. The molecule has 2 aromatic rings. The molecule has 1 aromatic carbocycles. The Balaban J connectivity index is 1.26. The van der Waals surface area contributed by atoms with E-state index in [4.69, 9.17) is 9.47 Å². The first-order valence-electron chi connectivity index (χ1n) is 9.50. The number of rotatable bonds is 3. The third-order valence-corrected chi connectivity index (χ3v) is 5.87. The van der Waals surface area contributed by atoms with Gasteiger partial charge in [0.15, 0.2) is 11.6 Å². The van der Waals surface area contributed by atoms with Crippen molar-refractivity contribution in [3.8, 4) is 17.6 Å². The van der Waals surface area contributed by atoms with Crippen molar-refractivity contribution in [2.75, 3.05) is 6.54 Å². The van der Waals surface area contributed by atoms with Crippen molar-refractivity contribution in [1.82, 2.24) is 9.88 Å². The Kier molecular flexibility index (Phi) is 4.12. The summed E-state index contributed by atoms with van der Waals surface area (Å²) in [7, 11) is 0. The van der Waals surface area contributed by atoms with Crippen molar-refractivity contribution in [2.24, 2.45) is 5.92 Å². The van der Waals surface area contributed by atoms with Crippen LogP contribution in [-0.4, -0.2) is 34.5 Å². The summed E-state index contributed by atoms with van der Waals surface area (Å²) in [6, 6.07) is 5.13. The summed E-state index contributed by atoms with van der Waals surface area (Å²) in [4.78, 5) is 19.0. The number of benzene rings is 1. The van der Waals surface area contributed by atoms with Crippen molar-refractivity contribution in [2.45, 2.75) is 37.5 Å². The van der Waals surface area contributed by atoms with Gasteiger partial charge < -0.3 is 14.4 Å². The molecule has 1 amide bonds. The fourth-order valence-corrected chi connectivity index (χ4v) is 4.35. The normalized spacial score (nSPS) is 26.7. The van der Waals surface area contributed by atoms with Crippen molar-refractivity contribution in [1.29, 1.82) is 5.26 Å². The minimum atomic E-state index is -0.748. The molecule has 0 N–H and O–H groups in total. The predicted octanol–water partition coefficient (Wildman–Crippen LogP) is 3.12. The predicted molar refractivity (Wildman–Crippen MR) is 95.9 cm³/mol. The van der Waals surface area contributed by atoms with Gasteiger partial charge in [-0.05, 0) is 25.0 Å². The third-order valence-electron chi connectivity index (χ3n) is 5.87. The molecule has 2 aliphatic heterocycles. The molecular weight excluding hydrogens is 380 g/mol. The van der Waals surface area contributed by atoms with Gasteiger partial charge in [-0.25, -0.2) is 8.78 Å². The van der Waals surface area contributed by atoms with Crippen LogP contribution < -0.4 is 9.47 Å². The van der Waals surface area contributed by atoms with Gasteiger partial charge in [-0.2, -0.15) is 5.26 Å². The number of ether oxygens (including phenoxy) is 2. The zero-order chi connectivity index (χ0) is 20.1. The molecule has 29 heavy (non-hydrogen) atoms. The van der Waals surface area contributed by atoms with Gasteiger partial charge in [0.25, 0.3) is 0 Å². The molecule has 0 spiro atoms. The van der Waals surface area contributed by atoms with Crippen LogP contribution in [-0.2, 0) is 4.79 Å². The van der Waals surface area contributed by atoms with Crippen molar-refractivity contribution in [3.05, 3.63) is 53.4 Å². The quantitative estimate of drug-likeness (QED) is 0.796. The molecule has 5 rings (SSSR count). The number of hydrogen-bond acceptors (Lipinski definition) is 5. The number of amides is 1. The van der Waals surface area contributed by atoms with Crippen molar-refractivity contribution < 1.29 is 23.0 Å². The monoisotopic (exact) mass is 397 g/mol. The molecule has 1 saturated heterocycles. The lowest BCUT2D eigenvalue weighted by Crippen LogP contribution is -2.45. The zero-order valence-corrected chi connectivity index (χ0v) is 15.3. The lowest BCUT2D eigenvalue weighted by Gasteiger charge is -2.38. The maximum Gasteiger partial charge on any atom is 0.226 e. The second kappa shape index (κ2) is 6.69. The van der Waals surface area contributed by atoms with Gasteiger partial charge in [0.1, 0.15) is 35.4 Å². The summed E-state index contributed by atoms with van der Waals surface area (Å²) in [5, 5.41) is 9.27. The highest BCUT2D eigenvalue weighted by molar-refractivity contribution is 5.81. The van der Waals surface area contributed by atoms with E-state index in [1.54, 1.807) is 11.1 Å². The number of likely N-dealkylation sites (tertiary alicyclic amines) is 1. The lowest BCUT2D eigenvalue weighted by molar-refractivity contribution is -0.142. The second-order valence-corrected chi connectivity index (χ2v) is 7.68. The number of nitriles is 1. The second-order valence-electron chi connectivity index (χ2n) is 7.68. The van der Waals surface area contributed by atoms with E-state index in [2.05, 4.69) is 11.1 Å². The van der Waals surface area contributed by atoms with E-state index in [1.165, 1.54) is 12.3 Å². The number of fused-ring (bicyclic) bond motifs is 4. The van der Waals surface area contributed by atoms with Crippen LogP contribution in [0, 0.1) is 28.9 Å². The maximum atomic E-state index is 13.7. The average Bonchev–Trinajstić information content (AvgIpc) is 3.02. The molecule has 3 heterocycles. The Bertz CT molecular complexity index is 1030. The largest absolute Gasteiger partial charge is 0.487 e. The van der Waals surface area contributed by atoms with Gasteiger partial charge >= 0.3 is 0 Å². The standard InChI is InChI=1S/C21H17F2N3O3/c22-13-1-2-19(17(23)5-13)28-14-3-11(4-14)21(27)26-10-15-6-18(26)16-9-25-8-12(7-24)20(16)29-15/h1-2,5,8-9,11,14-15,18H,3-4,6,10H2/t11-,14-,15-,18-/m0/s1. The van der Waals surface area contributed by atoms with Crippen LogP contribution in [0.4, 0.5) is 8.78 Å². The molecule has 0 radical (unpaired) electrons. The Morgan fingerprint density at radius 3 is 2.86 bits per heavy atom. The summed E-state index contributed by atoms with van der Waals surface area (Å²) < 4.78 is 38.2. The van der Waals surface area contributed by atoms with E-state index in [0.29, 0.717) is 37.1 Å². The number of nitrogens with zero attached hydrogens (tertiary/aromatic N) is 3. The highest BCUT2D eigenvalue weighted by Gasteiger charge is 2.47. The zero-order valence-electron chi connectivity index (χ0n) is 15.3. The smallest absolute Gasteiger partial charge is 0.226 e. The van der Waals surface area contributed by atoms with Gasteiger partial charge in [-0.15, -0.1) is 0 Å². The molecule has 3 aliphatic rings. The molecule has 148 valence electrons. The fraction of sp³-hybridized carbons (Fsp3) is 0.381. The van der Waals surface area contributed by atoms with Crippen LogP contribution in [0.3, 0.4) is 0 Å². The summed E-state index contributed by atoms with van der Waals surface area (Å²) in [6.07, 6.45) is 4.36. The van der Waals surface area contributed by atoms with Crippen LogP contribution in [0.1, 0.15) is 36.4 Å². The lowest BCUT2D eigenvalue weighted by atomic mass is 9.81. The summed E-state index contributed by atoms with van der Waals surface area (Å²) in [5.74, 6) is -1.08. The molecule has 0 unspecified atom stereocenters. The van der Waals surface area contributed by atoms with Crippen LogP contribution in [0.5, 0.6) is 11.5 Å². The number of carbonyl (C=O) groups is 1. The first-order valence-corrected chi connectivity index (χ1v) is 9.50. The van der Waals surface area contributed by atoms with E-state index >= 15 is 0 Å². The number of halogens is 2. The maximum absolute atomic E-state index is 13.7. The topological polar surface area (TPSA) is 75.5 Å². The third kappa shape index (κ3) is 2.97. The van der Waals surface area contributed by atoms with Crippen LogP contribution in [0.15, 0.2) is 30.6 Å². The van der Waals surface area contributed by atoms with Crippen LogP contribution >= 0.6 is 0 Å². The van der Waals surface area contributed by atoms with E-state index in [1.807, 2.05) is 0 Å². The Labute approximate surface area is 165 Å². The van der Waals surface area contributed by atoms with Crippen molar-refractivity contribution >= 4 is 5.91 Å². The first kappa shape index (κ1) is 17.9. The van der Waals surface area contributed by atoms with Gasteiger partial charge in [0, 0.05) is 36.4 Å². The molecule has 1 aliphatic carbocycles. The number of hydrogen-bond donors (Lipinski definition) is 0. The van der Waals surface area contributed by atoms with E-state index < -0.39 is 11.6 Å². The summed E-state index contributed by atoms with van der Waals surface area (Å²) >= 11 is 0. The molecule has 2 fully saturated rings. The number of pyridine rings is 1. The first-order chi connectivity index (χ1) is 14.0. The van der Waals surface area contributed by atoms with Gasteiger partial charge in [-0.1, -0.05) is 0 Å². The van der Waals surface area contributed by atoms with Crippen LogP contribution in [0.2, 0.25) is 0 Å². The molecule has 2 bridgehead atoms. The minimum Gasteiger partial charge on any atom is -0.487 e. The van der Waals surface area contributed by atoms with E-state index in [9.17, 15) is 18.8 Å². The minimum absolute atomic E-state index is 0.00300. The van der Waals surface area contributed by atoms with Gasteiger partial charge in [0.05, 0.1) is 12.6 Å². The molecule has 1 aromatic heterocycles. The summed E-state index contributed by atoms with van der Waals surface area (Å²) in [5.41, 5.74) is 1.15. The Morgan fingerprint density at radius 1 is 1.28 bits per heavy atom. The molecular formula is C21H17F2N3O3. The molecule has 1 saturated carbocycles. The Hall–Kier alpha value is -3.21. The van der Waals surface area contributed by atoms with E-state index in [-0.39, 0.29) is 35.8 Å². The highest BCUT2D eigenvalue weighted by Crippen LogP contribution is 2.46. The fourth-order valence-electron chi connectivity index (χ4n) is 4.35. The molecule has 8 heteroatoms. The van der Waals surface area contributed by atoms with Gasteiger partial charge in [0.2, 0.25) is 5.91 Å². The molecule has 2 atom stereocenters. The molecule has 6 nitrogen and oxygen atoms in total. The Morgan fingerprint density at radius 2 is 2.10 bits per heavy atom. The van der Waals surface area contributed by atoms with Crippen LogP contribution in [0.25, 0.3) is 0 Å². The van der Waals surface area contributed by atoms with Crippen molar-refractivity contribution in [3.63, 3.8) is 0 Å². The highest BCUT2D eigenvalue weighted by atomic mass is 19.1. The van der Waals surface area contributed by atoms with Gasteiger partial charge in [-0.3, -0.25) is 9.78 Å². The number of carbonyl (C=O) groups excluding carboxylic acids is 1. The van der Waals surface area contributed by atoms with E-state index in [0.717, 1.165) is 17.7 Å². The number of aromatic nitrogens is 1. The average molecular weight is 397 g/mol. The SMILES string of the molecule is N#Cc1cncc2c1O[C@H]1C[C@@H]2N(C(=O)[C@H]2C[C@H](Oc3ccc(F)cc3F)C2)C1.